The van der Waals surface area contributed by atoms with Crippen molar-refractivity contribution in [3.63, 3.8) is 0 Å². The van der Waals surface area contributed by atoms with E-state index in [4.69, 9.17) is 0 Å². The van der Waals surface area contributed by atoms with Gasteiger partial charge in [-0.2, -0.15) is 0 Å². The number of hydrogen-bond acceptors (Lipinski definition) is 6. The Bertz CT molecular complexity index is 759. The van der Waals surface area contributed by atoms with Crippen molar-refractivity contribution < 1.29 is 30.0 Å². The summed E-state index contributed by atoms with van der Waals surface area (Å²) in [5.41, 5.74) is 0. The Labute approximate surface area is 276 Å². The minimum atomic E-state index is -0.731. The van der Waals surface area contributed by atoms with Crippen molar-refractivity contribution in [2.75, 3.05) is 6.61 Å². The van der Waals surface area contributed by atoms with Gasteiger partial charge in [-0.1, -0.05) is 148 Å². The van der Waals surface area contributed by atoms with E-state index >= 15 is 0 Å². The second-order valence-corrected chi connectivity index (χ2v) is 13.8. The minimum Gasteiger partial charge on any atom is -0.394 e. The third-order valence-corrected chi connectivity index (χ3v) is 9.67. The molecular weight excluding hydrogens is 566 g/mol. The van der Waals surface area contributed by atoms with Gasteiger partial charge in [-0.25, -0.2) is 0 Å². The van der Waals surface area contributed by atoms with Crippen LogP contribution in [0.1, 0.15) is 174 Å². The van der Waals surface area contributed by atoms with E-state index in [1.807, 2.05) is 6.08 Å². The smallest absolute Gasteiger partial charge is 0.220 e. The molecule has 0 heterocycles. The number of aliphatic hydroxyl groups is 4. The molecule has 0 saturated heterocycles. The second-order valence-electron chi connectivity index (χ2n) is 13.8. The van der Waals surface area contributed by atoms with Crippen LogP contribution < -0.4 is 5.32 Å². The van der Waals surface area contributed by atoms with Crippen LogP contribution in [0.3, 0.4) is 0 Å². The number of unbranched alkanes of at least 4 members (excludes halogenated alkanes) is 17. The van der Waals surface area contributed by atoms with Crippen molar-refractivity contribution >= 4 is 11.7 Å². The van der Waals surface area contributed by atoms with E-state index < -0.39 is 24.4 Å². The fourth-order valence-electron chi connectivity index (χ4n) is 6.67. The predicted octanol–water partition coefficient (Wildman–Crippen LogP) is 7.71. The number of ketones is 1. The van der Waals surface area contributed by atoms with Crippen LogP contribution in [0.4, 0.5) is 0 Å². The van der Waals surface area contributed by atoms with Gasteiger partial charge in [0.25, 0.3) is 0 Å². The van der Waals surface area contributed by atoms with Gasteiger partial charge >= 0.3 is 0 Å². The zero-order chi connectivity index (χ0) is 33.1. The standard InChI is InChI=1S/C38H71NO6/c1-3-5-7-8-9-10-11-12-13-14-15-16-21-25-35(42)34(30-40)39-38(45)26-22-18-17-20-24-32-33(37(44)29-36(32)43)28-27-31(41)23-19-6-4-2/h27-28,31-35,37,40-42,44H,3-26,29-30H2,1-2H3,(H,39,45)/b28-27+/t31-,32+,33+,34-,35+,37+/m0/s1. The first-order chi connectivity index (χ1) is 21.8. The Morgan fingerprint density at radius 2 is 1.29 bits per heavy atom. The number of carbonyl (C=O) groups excluding carboxylic acids is 2. The molecule has 0 bridgehead atoms. The van der Waals surface area contributed by atoms with Gasteiger partial charge in [-0.15, -0.1) is 0 Å². The molecule has 1 saturated carbocycles. The lowest BCUT2D eigenvalue weighted by Crippen LogP contribution is -2.45. The zero-order valence-electron chi connectivity index (χ0n) is 29.1. The summed E-state index contributed by atoms with van der Waals surface area (Å²) in [6.45, 7) is 4.12. The summed E-state index contributed by atoms with van der Waals surface area (Å²) in [5, 5.41) is 43.7. The van der Waals surface area contributed by atoms with Crippen molar-refractivity contribution in [2.24, 2.45) is 11.8 Å². The lowest BCUT2D eigenvalue weighted by molar-refractivity contribution is -0.123. The molecule has 5 N–H and O–H groups in total. The number of amides is 1. The van der Waals surface area contributed by atoms with E-state index in [1.54, 1.807) is 6.08 Å². The van der Waals surface area contributed by atoms with Crippen LogP contribution >= 0.6 is 0 Å². The van der Waals surface area contributed by atoms with Gasteiger partial charge in [0.15, 0.2) is 0 Å². The highest BCUT2D eigenvalue weighted by Gasteiger charge is 2.39. The van der Waals surface area contributed by atoms with Gasteiger partial charge < -0.3 is 25.7 Å². The van der Waals surface area contributed by atoms with Gasteiger partial charge in [-0.05, 0) is 25.7 Å². The Balaban J connectivity index is 2.14. The first-order valence-electron chi connectivity index (χ1n) is 19.0. The maximum Gasteiger partial charge on any atom is 0.220 e. The Kier molecular flexibility index (Phi) is 25.8. The molecule has 1 fully saturated rings. The molecule has 0 aromatic heterocycles. The molecule has 0 radical (unpaired) electrons. The van der Waals surface area contributed by atoms with Crippen LogP contribution in [0.15, 0.2) is 12.2 Å². The first kappa shape index (κ1) is 41.7. The maximum atomic E-state index is 12.5. The minimum absolute atomic E-state index is 0.101. The highest BCUT2D eigenvalue weighted by molar-refractivity contribution is 5.84. The van der Waals surface area contributed by atoms with E-state index in [-0.39, 0.29) is 36.6 Å². The highest BCUT2D eigenvalue weighted by atomic mass is 16.3. The van der Waals surface area contributed by atoms with Crippen molar-refractivity contribution in [2.45, 2.75) is 199 Å². The molecule has 6 atom stereocenters. The van der Waals surface area contributed by atoms with E-state index in [2.05, 4.69) is 19.2 Å². The second kappa shape index (κ2) is 27.8. The molecule has 0 aromatic rings. The van der Waals surface area contributed by atoms with Crippen LogP contribution in [0.2, 0.25) is 0 Å². The molecule has 0 aromatic carbocycles. The van der Waals surface area contributed by atoms with Crippen LogP contribution in [0.25, 0.3) is 0 Å². The summed E-state index contributed by atoms with van der Waals surface area (Å²) in [4.78, 5) is 24.9. The number of nitrogens with one attached hydrogen (secondary N) is 1. The SMILES string of the molecule is CCCCCCCCCCCCCCC[C@@H](O)[C@H](CO)NC(=O)CCCCCC[C@H]1C(=O)C[C@@H](O)[C@@H]1/C=C/[C@@H](O)CCCCC. The lowest BCUT2D eigenvalue weighted by Gasteiger charge is -2.22. The molecule has 1 aliphatic carbocycles. The van der Waals surface area contributed by atoms with Gasteiger partial charge in [0.2, 0.25) is 5.91 Å². The van der Waals surface area contributed by atoms with Gasteiger partial charge in [0.1, 0.15) is 5.78 Å². The molecule has 1 aliphatic rings. The number of aliphatic hydroxyl groups excluding tert-OH is 4. The topological polar surface area (TPSA) is 127 Å². The van der Waals surface area contributed by atoms with Crippen molar-refractivity contribution in [1.29, 1.82) is 0 Å². The molecule has 7 nitrogen and oxygen atoms in total. The molecule has 45 heavy (non-hydrogen) atoms. The number of carbonyl (C=O) groups is 2. The number of hydrogen-bond donors (Lipinski definition) is 5. The fourth-order valence-corrected chi connectivity index (χ4v) is 6.67. The predicted molar refractivity (Wildman–Crippen MR) is 185 cm³/mol. The van der Waals surface area contributed by atoms with E-state index in [1.165, 1.54) is 70.6 Å². The average Bonchev–Trinajstić information content (AvgIpc) is 3.29. The molecule has 1 rings (SSSR count). The van der Waals surface area contributed by atoms with Crippen molar-refractivity contribution in [3.8, 4) is 0 Å². The van der Waals surface area contributed by atoms with Crippen molar-refractivity contribution in [3.05, 3.63) is 12.2 Å². The maximum absolute atomic E-state index is 12.5. The third kappa shape index (κ3) is 20.5. The number of Topliss-reactive ketones (excluding diaryl/α,β-unsaturated/α-hetero) is 1. The van der Waals surface area contributed by atoms with E-state index in [9.17, 15) is 30.0 Å². The van der Waals surface area contributed by atoms with Crippen LogP contribution in [0, 0.1) is 11.8 Å². The Hall–Kier alpha value is -1.28. The van der Waals surface area contributed by atoms with Gasteiger partial charge in [0.05, 0.1) is 31.0 Å². The lowest BCUT2D eigenvalue weighted by atomic mass is 9.88. The molecule has 0 aliphatic heterocycles. The van der Waals surface area contributed by atoms with Gasteiger partial charge in [-0.3, -0.25) is 9.59 Å². The van der Waals surface area contributed by atoms with Gasteiger partial charge in [0, 0.05) is 24.7 Å². The summed E-state index contributed by atoms with van der Waals surface area (Å²) in [6.07, 6.45) is 27.2. The van der Waals surface area contributed by atoms with Crippen LogP contribution in [-0.4, -0.2) is 63.1 Å². The van der Waals surface area contributed by atoms with Crippen molar-refractivity contribution in [1.82, 2.24) is 5.32 Å². The Morgan fingerprint density at radius 3 is 1.89 bits per heavy atom. The fraction of sp³-hybridized carbons (Fsp3) is 0.895. The van der Waals surface area contributed by atoms with E-state index in [0.717, 1.165) is 51.4 Å². The largest absolute Gasteiger partial charge is 0.394 e. The summed E-state index contributed by atoms with van der Waals surface area (Å²) in [5.74, 6) is -0.477. The molecule has 264 valence electrons. The molecular formula is C38H71NO6. The molecule has 0 unspecified atom stereocenters. The highest BCUT2D eigenvalue weighted by Crippen LogP contribution is 2.34. The molecule has 7 heteroatoms. The summed E-state index contributed by atoms with van der Waals surface area (Å²) in [7, 11) is 0. The zero-order valence-corrected chi connectivity index (χ0v) is 29.1. The summed E-state index contributed by atoms with van der Waals surface area (Å²) < 4.78 is 0. The third-order valence-electron chi connectivity index (χ3n) is 9.67. The number of rotatable bonds is 30. The van der Waals surface area contributed by atoms with E-state index in [0.29, 0.717) is 32.1 Å². The summed E-state index contributed by atoms with van der Waals surface area (Å²) >= 11 is 0. The van der Waals surface area contributed by atoms with Crippen LogP contribution in [0.5, 0.6) is 0 Å². The molecule has 0 spiro atoms. The normalized spacial score (nSPS) is 20.6. The Morgan fingerprint density at radius 1 is 0.778 bits per heavy atom. The molecule has 1 amide bonds. The first-order valence-corrected chi connectivity index (χ1v) is 19.0. The summed E-state index contributed by atoms with van der Waals surface area (Å²) in [6, 6.07) is -0.621. The van der Waals surface area contributed by atoms with Crippen LogP contribution in [-0.2, 0) is 9.59 Å². The quantitative estimate of drug-likeness (QED) is 0.0406. The average molecular weight is 638 g/mol. The monoisotopic (exact) mass is 638 g/mol.